The van der Waals surface area contributed by atoms with E-state index in [0.29, 0.717) is 11.7 Å². The standard InChI is InChI=1S/C14H18N4O/c1-8(2)11-7-5-6-9(3)12(11)16-14(19)13-15-10(4)17-18-13/h5-8H,1-4H3,(H,16,19)(H,15,17,18). The van der Waals surface area contributed by atoms with Gasteiger partial charge in [-0.2, -0.15) is 0 Å². The van der Waals surface area contributed by atoms with E-state index in [1.54, 1.807) is 6.92 Å². The third-order valence-corrected chi connectivity index (χ3v) is 2.97. The van der Waals surface area contributed by atoms with Crippen LogP contribution in [0.4, 0.5) is 5.69 Å². The van der Waals surface area contributed by atoms with E-state index in [0.717, 1.165) is 16.8 Å². The summed E-state index contributed by atoms with van der Waals surface area (Å²) in [5.74, 6) is 0.833. The van der Waals surface area contributed by atoms with Gasteiger partial charge in [0.25, 0.3) is 5.91 Å². The summed E-state index contributed by atoms with van der Waals surface area (Å²) in [5, 5.41) is 9.44. The van der Waals surface area contributed by atoms with E-state index in [2.05, 4.69) is 34.3 Å². The van der Waals surface area contributed by atoms with E-state index in [1.807, 2.05) is 25.1 Å². The lowest BCUT2D eigenvalue weighted by Gasteiger charge is -2.15. The second kappa shape index (κ2) is 5.22. The minimum atomic E-state index is -0.291. The fourth-order valence-electron chi connectivity index (χ4n) is 1.96. The maximum Gasteiger partial charge on any atom is 0.295 e. The highest BCUT2D eigenvalue weighted by Crippen LogP contribution is 2.27. The Morgan fingerprint density at radius 2 is 2.05 bits per heavy atom. The monoisotopic (exact) mass is 258 g/mol. The second-order valence-corrected chi connectivity index (χ2v) is 4.89. The number of para-hydroxylation sites is 1. The Labute approximate surface area is 112 Å². The summed E-state index contributed by atoms with van der Waals surface area (Å²) >= 11 is 0. The van der Waals surface area contributed by atoms with Gasteiger partial charge >= 0.3 is 0 Å². The molecular weight excluding hydrogens is 240 g/mol. The lowest BCUT2D eigenvalue weighted by molar-refractivity contribution is 0.101. The van der Waals surface area contributed by atoms with Gasteiger partial charge in [-0.15, -0.1) is 5.10 Å². The number of amides is 1. The lowest BCUT2D eigenvalue weighted by atomic mass is 9.98. The summed E-state index contributed by atoms with van der Waals surface area (Å²) in [7, 11) is 0. The molecular formula is C14H18N4O. The molecule has 1 aromatic heterocycles. The fourth-order valence-corrected chi connectivity index (χ4v) is 1.96. The Balaban J connectivity index is 2.31. The summed E-state index contributed by atoms with van der Waals surface area (Å²) in [6, 6.07) is 6.00. The summed E-state index contributed by atoms with van der Waals surface area (Å²) in [6.45, 7) is 7.94. The molecule has 2 rings (SSSR count). The van der Waals surface area contributed by atoms with E-state index < -0.39 is 0 Å². The first-order valence-electron chi connectivity index (χ1n) is 6.29. The molecule has 2 N–H and O–H groups in total. The van der Waals surface area contributed by atoms with Crippen molar-refractivity contribution in [3.05, 3.63) is 41.0 Å². The number of nitrogens with zero attached hydrogens (tertiary/aromatic N) is 2. The zero-order chi connectivity index (χ0) is 14.0. The van der Waals surface area contributed by atoms with Gasteiger partial charge in [-0.1, -0.05) is 32.0 Å². The number of nitrogens with one attached hydrogen (secondary N) is 2. The summed E-state index contributed by atoms with van der Waals surface area (Å²) < 4.78 is 0. The van der Waals surface area contributed by atoms with Crippen molar-refractivity contribution in [3.63, 3.8) is 0 Å². The number of hydrogen-bond donors (Lipinski definition) is 2. The predicted octanol–water partition coefficient (Wildman–Crippen LogP) is 2.80. The molecule has 0 unspecified atom stereocenters. The van der Waals surface area contributed by atoms with Crippen molar-refractivity contribution < 1.29 is 4.79 Å². The Bertz CT molecular complexity index is 601. The van der Waals surface area contributed by atoms with Gasteiger partial charge in [-0.25, -0.2) is 4.98 Å². The van der Waals surface area contributed by atoms with Crippen molar-refractivity contribution in [2.45, 2.75) is 33.6 Å². The molecule has 0 fully saturated rings. The van der Waals surface area contributed by atoms with Gasteiger partial charge in [0.15, 0.2) is 0 Å². The van der Waals surface area contributed by atoms with Crippen LogP contribution < -0.4 is 5.32 Å². The third kappa shape index (κ3) is 2.81. The molecule has 2 aromatic rings. The maximum absolute atomic E-state index is 12.1. The Morgan fingerprint density at radius 1 is 1.32 bits per heavy atom. The molecule has 5 heteroatoms. The van der Waals surface area contributed by atoms with E-state index in [9.17, 15) is 4.79 Å². The number of carbonyl (C=O) groups is 1. The number of hydrogen-bond acceptors (Lipinski definition) is 3. The predicted molar refractivity (Wildman–Crippen MR) is 74.3 cm³/mol. The van der Waals surface area contributed by atoms with Crippen molar-refractivity contribution in [1.82, 2.24) is 15.2 Å². The van der Waals surface area contributed by atoms with Gasteiger partial charge in [-0.3, -0.25) is 9.89 Å². The molecule has 100 valence electrons. The van der Waals surface area contributed by atoms with Crippen LogP contribution in [0.25, 0.3) is 0 Å². The highest BCUT2D eigenvalue weighted by Gasteiger charge is 2.15. The van der Waals surface area contributed by atoms with Gasteiger partial charge < -0.3 is 5.32 Å². The number of anilines is 1. The van der Waals surface area contributed by atoms with Crippen molar-refractivity contribution in [3.8, 4) is 0 Å². The number of carbonyl (C=O) groups excluding carboxylic acids is 1. The minimum Gasteiger partial charge on any atom is -0.319 e. The molecule has 0 aliphatic carbocycles. The average Bonchev–Trinajstić information content (AvgIpc) is 2.78. The van der Waals surface area contributed by atoms with E-state index in [4.69, 9.17) is 0 Å². The molecule has 19 heavy (non-hydrogen) atoms. The number of H-pyrrole nitrogens is 1. The van der Waals surface area contributed by atoms with Crippen LogP contribution in [-0.4, -0.2) is 21.1 Å². The molecule has 0 aliphatic heterocycles. The molecule has 0 atom stereocenters. The van der Waals surface area contributed by atoms with Crippen molar-refractivity contribution in [2.75, 3.05) is 5.32 Å². The summed E-state index contributed by atoms with van der Waals surface area (Å²) in [5.41, 5.74) is 3.00. The summed E-state index contributed by atoms with van der Waals surface area (Å²) in [4.78, 5) is 16.1. The largest absolute Gasteiger partial charge is 0.319 e. The van der Waals surface area contributed by atoms with Crippen LogP contribution >= 0.6 is 0 Å². The molecule has 1 heterocycles. The molecule has 0 radical (unpaired) electrons. The van der Waals surface area contributed by atoms with Crippen molar-refractivity contribution in [2.24, 2.45) is 0 Å². The van der Waals surface area contributed by atoms with Crippen LogP contribution in [0.2, 0.25) is 0 Å². The fraction of sp³-hybridized carbons (Fsp3) is 0.357. The minimum absolute atomic E-state index is 0.162. The van der Waals surface area contributed by atoms with Gasteiger partial charge in [0.2, 0.25) is 5.82 Å². The highest BCUT2D eigenvalue weighted by atomic mass is 16.2. The van der Waals surface area contributed by atoms with E-state index in [-0.39, 0.29) is 11.7 Å². The first kappa shape index (κ1) is 13.3. The first-order chi connectivity index (χ1) is 8.99. The normalized spacial score (nSPS) is 10.8. The topological polar surface area (TPSA) is 70.7 Å². The third-order valence-electron chi connectivity index (χ3n) is 2.97. The molecule has 1 aromatic carbocycles. The smallest absolute Gasteiger partial charge is 0.295 e. The molecule has 0 saturated carbocycles. The molecule has 0 saturated heterocycles. The maximum atomic E-state index is 12.1. The second-order valence-electron chi connectivity index (χ2n) is 4.89. The van der Waals surface area contributed by atoms with Gasteiger partial charge in [0.05, 0.1) is 0 Å². The molecule has 0 bridgehead atoms. The van der Waals surface area contributed by atoms with E-state index >= 15 is 0 Å². The number of aryl methyl sites for hydroxylation is 2. The Morgan fingerprint density at radius 3 is 2.63 bits per heavy atom. The highest BCUT2D eigenvalue weighted by molar-refractivity contribution is 6.02. The average molecular weight is 258 g/mol. The van der Waals surface area contributed by atoms with E-state index in [1.165, 1.54) is 0 Å². The number of aromatic nitrogens is 3. The lowest BCUT2D eigenvalue weighted by Crippen LogP contribution is -2.16. The number of aromatic amines is 1. The van der Waals surface area contributed by atoms with Crippen LogP contribution in [0.1, 0.15) is 47.3 Å². The van der Waals surface area contributed by atoms with Crippen LogP contribution in [0.5, 0.6) is 0 Å². The Hall–Kier alpha value is -2.17. The van der Waals surface area contributed by atoms with Crippen molar-refractivity contribution in [1.29, 1.82) is 0 Å². The zero-order valence-electron chi connectivity index (χ0n) is 11.6. The van der Waals surface area contributed by atoms with Gasteiger partial charge in [-0.05, 0) is 30.9 Å². The molecule has 1 amide bonds. The molecule has 0 spiro atoms. The quantitative estimate of drug-likeness (QED) is 0.889. The summed E-state index contributed by atoms with van der Waals surface area (Å²) in [6.07, 6.45) is 0. The van der Waals surface area contributed by atoms with Crippen LogP contribution in [0.3, 0.4) is 0 Å². The van der Waals surface area contributed by atoms with Gasteiger partial charge in [0, 0.05) is 5.69 Å². The van der Waals surface area contributed by atoms with Gasteiger partial charge in [0.1, 0.15) is 5.82 Å². The Kier molecular flexibility index (Phi) is 3.64. The first-order valence-corrected chi connectivity index (χ1v) is 6.29. The van der Waals surface area contributed by atoms with Crippen LogP contribution in [0, 0.1) is 13.8 Å². The van der Waals surface area contributed by atoms with Crippen LogP contribution in [-0.2, 0) is 0 Å². The zero-order valence-corrected chi connectivity index (χ0v) is 11.6. The molecule has 5 nitrogen and oxygen atoms in total. The number of rotatable bonds is 3. The van der Waals surface area contributed by atoms with Crippen LogP contribution in [0.15, 0.2) is 18.2 Å². The van der Waals surface area contributed by atoms with Crippen molar-refractivity contribution >= 4 is 11.6 Å². The molecule has 0 aliphatic rings. The SMILES string of the molecule is Cc1nc(C(=O)Nc2c(C)cccc2C(C)C)n[nH]1. The number of benzene rings is 1.